The zero-order chi connectivity index (χ0) is 29.6. The number of rotatable bonds is 6. The van der Waals surface area contributed by atoms with Crippen molar-refractivity contribution < 1.29 is 0 Å². The third-order valence-corrected chi connectivity index (χ3v) is 8.80. The second-order valence-electron chi connectivity index (χ2n) is 10.9. The van der Waals surface area contributed by atoms with Crippen LogP contribution in [0.1, 0.15) is 0 Å². The minimum Gasteiger partial charge on any atom is -0.310 e. The Balaban J connectivity index is 1.41. The van der Waals surface area contributed by atoms with E-state index in [1.807, 2.05) is 36.4 Å². The molecule has 8 aromatic rings. The van der Waals surface area contributed by atoms with Crippen LogP contribution in [-0.4, -0.2) is 0 Å². The van der Waals surface area contributed by atoms with Crippen LogP contribution in [0.2, 0.25) is 10.0 Å². The van der Waals surface area contributed by atoms with Crippen LogP contribution in [-0.2, 0) is 0 Å². The van der Waals surface area contributed by atoms with Gasteiger partial charge in [0.05, 0.1) is 11.4 Å². The Morgan fingerprint density at radius 2 is 0.659 bits per heavy atom. The molecule has 210 valence electrons. The molecular formula is C40H26Cl2N2. The van der Waals surface area contributed by atoms with Crippen molar-refractivity contribution in [1.29, 1.82) is 0 Å². The Hall–Kier alpha value is -5.02. The zero-order valence-electron chi connectivity index (χ0n) is 23.7. The maximum atomic E-state index is 6.31. The molecule has 0 radical (unpaired) electrons. The Kier molecular flexibility index (Phi) is 6.60. The molecule has 0 saturated carbocycles. The van der Waals surface area contributed by atoms with Crippen molar-refractivity contribution in [2.75, 3.05) is 9.80 Å². The van der Waals surface area contributed by atoms with Gasteiger partial charge in [-0.1, -0.05) is 96.0 Å². The number of hydrogen-bond donors (Lipinski definition) is 0. The van der Waals surface area contributed by atoms with Crippen LogP contribution in [0, 0.1) is 0 Å². The summed E-state index contributed by atoms with van der Waals surface area (Å²) < 4.78 is 0. The van der Waals surface area contributed by atoms with E-state index in [9.17, 15) is 0 Å². The molecule has 4 heteroatoms. The third-order valence-electron chi connectivity index (χ3n) is 8.30. The van der Waals surface area contributed by atoms with Gasteiger partial charge in [-0.3, -0.25) is 0 Å². The summed E-state index contributed by atoms with van der Waals surface area (Å²) in [6.07, 6.45) is 0. The number of nitrogens with zero attached hydrogens (tertiary/aromatic N) is 2. The van der Waals surface area contributed by atoms with Crippen molar-refractivity contribution in [3.05, 3.63) is 168 Å². The quantitative estimate of drug-likeness (QED) is 0.174. The van der Waals surface area contributed by atoms with E-state index in [-0.39, 0.29) is 0 Å². The van der Waals surface area contributed by atoms with Crippen LogP contribution in [0.25, 0.3) is 32.3 Å². The molecule has 0 fully saturated rings. The Morgan fingerprint density at radius 3 is 1.05 bits per heavy atom. The number of halogens is 2. The molecular weight excluding hydrogens is 579 g/mol. The largest absolute Gasteiger partial charge is 0.310 e. The fourth-order valence-electron chi connectivity index (χ4n) is 6.35. The van der Waals surface area contributed by atoms with Gasteiger partial charge >= 0.3 is 0 Å². The normalized spacial score (nSPS) is 11.4. The van der Waals surface area contributed by atoms with Gasteiger partial charge in [0, 0.05) is 43.6 Å². The van der Waals surface area contributed by atoms with E-state index in [1.165, 1.54) is 32.3 Å². The molecule has 0 aliphatic carbocycles. The van der Waals surface area contributed by atoms with E-state index in [2.05, 4.69) is 131 Å². The van der Waals surface area contributed by atoms with Crippen molar-refractivity contribution in [2.24, 2.45) is 0 Å². The summed E-state index contributed by atoms with van der Waals surface area (Å²) in [7, 11) is 0. The first-order valence-corrected chi connectivity index (χ1v) is 15.3. The van der Waals surface area contributed by atoms with Crippen molar-refractivity contribution >= 4 is 89.6 Å². The lowest BCUT2D eigenvalue weighted by molar-refractivity contribution is 1.30. The van der Waals surface area contributed by atoms with Gasteiger partial charge in [0.15, 0.2) is 0 Å². The monoisotopic (exact) mass is 604 g/mol. The molecule has 0 bridgehead atoms. The summed E-state index contributed by atoms with van der Waals surface area (Å²) in [6.45, 7) is 0. The van der Waals surface area contributed by atoms with Gasteiger partial charge in [0.2, 0.25) is 0 Å². The van der Waals surface area contributed by atoms with Gasteiger partial charge in [0.1, 0.15) is 0 Å². The molecule has 2 nitrogen and oxygen atoms in total. The average Bonchev–Trinajstić information content (AvgIpc) is 3.07. The molecule has 0 heterocycles. The fourth-order valence-corrected chi connectivity index (χ4v) is 6.60. The van der Waals surface area contributed by atoms with Crippen LogP contribution >= 0.6 is 23.2 Å². The first kappa shape index (κ1) is 26.6. The van der Waals surface area contributed by atoms with E-state index >= 15 is 0 Å². The number of para-hydroxylation sites is 2. The molecule has 0 aliphatic heterocycles. The highest BCUT2D eigenvalue weighted by atomic mass is 35.5. The molecule has 0 unspecified atom stereocenters. The maximum Gasteiger partial charge on any atom is 0.0540 e. The molecule has 0 aromatic heterocycles. The van der Waals surface area contributed by atoms with Gasteiger partial charge < -0.3 is 9.80 Å². The highest BCUT2D eigenvalue weighted by Gasteiger charge is 2.21. The third kappa shape index (κ3) is 4.51. The lowest BCUT2D eigenvalue weighted by atomic mass is 9.91. The molecule has 0 amide bonds. The first-order valence-electron chi connectivity index (χ1n) is 14.6. The van der Waals surface area contributed by atoms with Gasteiger partial charge in [-0.2, -0.15) is 0 Å². The summed E-state index contributed by atoms with van der Waals surface area (Å²) >= 11 is 12.6. The summed E-state index contributed by atoms with van der Waals surface area (Å²) in [5, 5.41) is 8.73. The molecule has 44 heavy (non-hydrogen) atoms. The maximum absolute atomic E-state index is 6.31. The average molecular weight is 606 g/mol. The SMILES string of the molecule is Clc1ccc(N(c2ccccc2)c2ccc3ccc4c(N(c5ccccc5)c5ccc(Cl)cc5)ccc5ccc2c3c54)cc1. The highest BCUT2D eigenvalue weighted by molar-refractivity contribution is 6.31. The van der Waals surface area contributed by atoms with Crippen LogP contribution < -0.4 is 9.80 Å². The molecule has 0 spiro atoms. The van der Waals surface area contributed by atoms with Crippen LogP contribution in [0.5, 0.6) is 0 Å². The zero-order valence-corrected chi connectivity index (χ0v) is 25.2. The predicted octanol–water partition coefficient (Wildman–Crippen LogP) is 12.8. The van der Waals surface area contributed by atoms with Crippen LogP contribution in [0.4, 0.5) is 34.1 Å². The molecule has 0 atom stereocenters. The minimum absolute atomic E-state index is 0.716. The Morgan fingerprint density at radius 1 is 0.318 bits per heavy atom. The van der Waals surface area contributed by atoms with Crippen molar-refractivity contribution in [3.8, 4) is 0 Å². The summed E-state index contributed by atoms with van der Waals surface area (Å²) in [4.78, 5) is 4.63. The van der Waals surface area contributed by atoms with E-state index < -0.39 is 0 Å². The second-order valence-corrected chi connectivity index (χ2v) is 11.8. The molecule has 8 aromatic carbocycles. The molecule has 0 N–H and O–H groups in total. The van der Waals surface area contributed by atoms with Crippen LogP contribution in [0.15, 0.2) is 158 Å². The van der Waals surface area contributed by atoms with E-state index in [0.717, 1.165) is 34.1 Å². The van der Waals surface area contributed by atoms with E-state index in [1.54, 1.807) is 0 Å². The van der Waals surface area contributed by atoms with E-state index in [4.69, 9.17) is 23.2 Å². The van der Waals surface area contributed by atoms with Gasteiger partial charge in [0.25, 0.3) is 0 Å². The van der Waals surface area contributed by atoms with Gasteiger partial charge in [-0.05, 0) is 106 Å². The molecule has 0 saturated heterocycles. The smallest absolute Gasteiger partial charge is 0.0540 e. The topological polar surface area (TPSA) is 6.48 Å². The standard InChI is InChI=1S/C40H26Cl2N2/c41-29-15-19-33(20-16-29)43(31-7-3-1-4-8-31)37-25-13-27-12-24-36-38(26-14-28-11-23-35(37)39(27)40(28)36)44(32-9-5-2-6-10-32)34-21-17-30(42)18-22-34/h1-26H. The lowest BCUT2D eigenvalue weighted by Crippen LogP contribution is -2.11. The molecule has 0 aliphatic rings. The van der Waals surface area contributed by atoms with Crippen molar-refractivity contribution in [1.82, 2.24) is 0 Å². The summed E-state index contributed by atoms with van der Waals surface area (Å²) in [6, 6.07) is 55.1. The number of hydrogen-bond acceptors (Lipinski definition) is 2. The van der Waals surface area contributed by atoms with Crippen molar-refractivity contribution in [3.63, 3.8) is 0 Å². The van der Waals surface area contributed by atoms with Crippen LogP contribution in [0.3, 0.4) is 0 Å². The Bertz CT molecular complexity index is 2070. The number of benzene rings is 8. The van der Waals surface area contributed by atoms with E-state index in [0.29, 0.717) is 10.0 Å². The van der Waals surface area contributed by atoms with Gasteiger partial charge in [-0.15, -0.1) is 0 Å². The summed E-state index contributed by atoms with van der Waals surface area (Å²) in [5.74, 6) is 0. The molecule has 8 rings (SSSR count). The Labute approximate surface area is 266 Å². The number of anilines is 6. The fraction of sp³-hybridized carbons (Fsp3) is 0. The second kappa shape index (κ2) is 10.9. The predicted molar refractivity (Wildman–Crippen MR) is 190 cm³/mol. The van der Waals surface area contributed by atoms with Crippen molar-refractivity contribution in [2.45, 2.75) is 0 Å². The first-order chi connectivity index (χ1) is 21.7. The lowest BCUT2D eigenvalue weighted by Gasteiger charge is -2.29. The highest BCUT2D eigenvalue weighted by Crippen LogP contribution is 2.47. The minimum atomic E-state index is 0.716. The summed E-state index contributed by atoms with van der Waals surface area (Å²) in [5.41, 5.74) is 6.50. The van der Waals surface area contributed by atoms with Gasteiger partial charge in [-0.25, -0.2) is 0 Å².